The molecule has 138 valence electrons. The Kier molecular flexibility index (Phi) is 6.57. The van der Waals surface area contributed by atoms with Gasteiger partial charge in [-0.15, -0.1) is 0 Å². The monoisotopic (exact) mass is 375 g/mol. The summed E-state index contributed by atoms with van der Waals surface area (Å²) < 4.78 is 4.58. The van der Waals surface area contributed by atoms with Crippen LogP contribution >= 0.6 is 11.8 Å². The van der Waals surface area contributed by atoms with Crippen LogP contribution in [0, 0.1) is 13.8 Å². The normalized spacial score (nSPS) is 11.7. The van der Waals surface area contributed by atoms with Crippen LogP contribution in [0.1, 0.15) is 23.7 Å². The van der Waals surface area contributed by atoms with E-state index >= 15 is 0 Å². The number of benzene rings is 1. The van der Waals surface area contributed by atoms with E-state index in [1.54, 1.807) is 6.92 Å². The van der Waals surface area contributed by atoms with Crippen LogP contribution in [0.4, 0.5) is 5.69 Å². The molecule has 26 heavy (non-hydrogen) atoms. The molecular formula is C18H21N3O4S. The molecule has 1 amide bonds. The van der Waals surface area contributed by atoms with E-state index in [1.807, 2.05) is 32.0 Å². The number of nitrogens with one attached hydrogen (secondary N) is 2. The number of ether oxygens (including phenoxy) is 1. The largest absolute Gasteiger partial charge is 0.469 e. The second-order valence-electron chi connectivity index (χ2n) is 5.86. The molecule has 2 N–H and O–H groups in total. The molecule has 1 atom stereocenters. The lowest BCUT2D eigenvalue weighted by Crippen LogP contribution is -2.24. The van der Waals surface area contributed by atoms with Gasteiger partial charge >= 0.3 is 5.97 Å². The van der Waals surface area contributed by atoms with Crippen LogP contribution in [-0.2, 0) is 20.7 Å². The first kappa shape index (κ1) is 19.7. The number of esters is 1. The molecule has 0 spiro atoms. The Morgan fingerprint density at radius 3 is 2.73 bits per heavy atom. The number of rotatable bonds is 6. The number of hydrogen-bond acceptors (Lipinski definition) is 6. The van der Waals surface area contributed by atoms with Crippen LogP contribution in [0.5, 0.6) is 0 Å². The molecular weight excluding hydrogens is 354 g/mol. The average Bonchev–Trinajstić information content (AvgIpc) is 2.57. The molecule has 0 radical (unpaired) electrons. The maximum absolute atomic E-state index is 12.4. The molecule has 0 aliphatic carbocycles. The Morgan fingerprint density at radius 1 is 1.31 bits per heavy atom. The number of aromatic amines is 1. The van der Waals surface area contributed by atoms with Crippen molar-refractivity contribution in [1.82, 2.24) is 9.97 Å². The Balaban J connectivity index is 2.10. The van der Waals surface area contributed by atoms with Crippen LogP contribution in [0.2, 0.25) is 0 Å². The van der Waals surface area contributed by atoms with E-state index in [1.165, 1.54) is 13.2 Å². The Bertz CT molecular complexity index is 879. The second-order valence-corrected chi connectivity index (χ2v) is 7.19. The van der Waals surface area contributed by atoms with Crippen molar-refractivity contribution in [2.75, 3.05) is 12.4 Å². The van der Waals surface area contributed by atoms with Gasteiger partial charge in [0.1, 0.15) is 0 Å². The van der Waals surface area contributed by atoms with Gasteiger partial charge in [-0.2, -0.15) is 0 Å². The van der Waals surface area contributed by atoms with Gasteiger partial charge in [-0.25, -0.2) is 4.98 Å². The predicted octanol–water partition coefficient (Wildman–Crippen LogP) is 2.22. The third kappa shape index (κ3) is 5.45. The predicted molar refractivity (Wildman–Crippen MR) is 100 cm³/mol. The van der Waals surface area contributed by atoms with Crippen molar-refractivity contribution in [2.24, 2.45) is 0 Å². The van der Waals surface area contributed by atoms with Gasteiger partial charge in [-0.1, -0.05) is 23.9 Å². The summed E-state index contributed by atoms with van der Waals surface area (Å²) in [5, 5.41) is 2.67. The number of aromatic nitrogens is 2. The molecule has 0 fully saturated rings. The SMILES string of the molecule is COC(=O)Cc1cc(=O)[nH]c(S[C@H](C)C(=O)Nc2cc(C)ccc2C)n1. The number of hydrogen-bond donors (Lipinski definition) is 2. The second kappa shape index (κ2) is 8.66. The smallest absolute Gasteiger partial charge is 0.311 e. The minimum Gasteiger partial charge on any atom is -0.469 e. The van der Waals surface area contributed by atoms with Gasteiger partial charge in [-0.05, 0) is 38.0 Å². The summed E-state index contributed by atoms with van der Waals surface area (Å²) in [5.74, 6) is -0.690. The van der Waals surface area contributed by atoms with Crippen molar-refractivity contribution in [3.05, 3.63) is 51.4 Å². The number of H-pyrrole nitrogens is 1. The summed E-state index contributed by atoms with van der Waals surface area (Å²) in [5.41, 5.74) is 2.68. The summed E-state index contributed by atoms with van der Waals surface area (Å²) >= 11 is 1.11. The standard InChI is InChI=1S/C18H21N3O4S/c1-10-5-6-11(2)14(7-10)20-17(24)12(3)26-18-19-13(8-15(22)21-18)9-16(23)25-4/h5-8,12H,9H2,1-4H3,(H,20,24)(H,19,21,22)/t12-/m1/s1. The van der Waals surface area contributed by atoms with Gasteiger partial charge in [0.15, 0.2) is 5.16 Å². The van der Waals surface area contributed by atoms with E-state index in [2.05, 4.69) is 20.0 Å². The van der Waals surface area contributed by atoms with Gasteiger partial charge in [-0.3, -0.25) is 14.4 Å². The highest BCUT2D eigenvalue weighted by molar-refractivity contribution is 8.00. The average molecular weight is 375 g/mol. The molecule has 0 bridgehead atoms. The molecule has 0 aliphatic heterocycles. The zero-order chi connectivity index (χ0) is 19.3. The molecule has 0 saturated heterocycles. The lowest BCUT2D eigenvalue weighted by molar-refractivity contribution is -0.139. The first-order valence-electron chi connectivity index (χ1n) is 8.00. The quantitative estimate of drug-likeness (QED) is 0.456. The number of anilines is 1. The molecule has 2 aromatic rings. The van der Waals surface area contributed by atoms with Crippen molar-refractivity contribution >= 4 is 29.3 Å². The lowest BCUT2D eigenvalue weighted by Gasteiger charge is -2.14. The molecule has 0 saturated carbocycles. The summed E-state index contributed by atoms with van der Waals surface area (Å²) in [6.07, 6.45) is -0.100. The molecule has 7 nitrogen and oxygen atoms in total. The van der Waals surface area contributed by atoms with Gasteiger partial charge in [0, 0.05) is 11.8 Å². The number of carbonyl (C=O) groups is 2. The summed E-state index contributed by atoms with van der Waals surface area (Å²) in [4.78, 5) is 42.3. The molecule has 1 heterocycles. The van der Waals surface area contributed by atoms with E-state index in [0.717, 1.165) is 28.6 Å². The van der Waals surface area contributed by atoms with E-state index in [0.29, 0.717) is 5.69 Å². The van der Waals surface area contributed by atoms with Crippen molar-refractivity contribution in [2.45, 2.75) is 37.6 Å². The number of nitrogens with zero attached hydrogens (tertiary/aromatic N) is 1. The van der Waals surface area contributed by atoms with Crippen molar-refractivity contribution < 1.29 is 14.3 Å². The van der Waals surface area contributed by atoms with Gasteiger partial charge in [0.05, 0.1) is 24.5 Å². The summed E-state index contributed by atoms with van der Waals surface area (Å²) in [6, 6.07) is 7.06. The van der Waals surface area contributed by atoms with E-state index in [9.17, 15) is 14.4 Å². The fraction of sp³-hybridized carbons (Fsp3) is 0.333. The number of aryl methyl sites for hydroxylation is 2. The molecule has 1 aromatic heterocycles. The third-order valence-corrected chi connectivity index (χ3v) is 4.62. The van der Waals surface area contributed by atoms with Gasteiger partial charge in [0.25, 0.3) is 5.56 Å². The molecule has 0 unspecified atom stereocenters. The minimum absolute atomic E-state index is 0.100. The highest BCUT2D eigenvalue weighted by Crippen LogP contribution is 2.22. The van der Waals surface area contributed by atoms with Crippen molar-refractivity contribution in [3.8, 4) is 0 Å². The minimum atomic E-state index is -0.494. The topological polar surface area (TPSA) is 101 Å². The van der Waals surface area contributed by atoms with Crippen LogP contribution in [0.15, 0.2) is 34.2 Å². The fourth-order valence-electron chi connectivity index (χ4n) is 2.18. The fourth-order valence-corrected chi connectivity index (χ4v) is 3.01. The van der Waals surface area contributed by atoms with Crippen LogP contribution in [-0.4, -0.2) is 34.2 Å². The molecule has 0 aliphatic rings. The Morgan fingerprint density at radius 2 is 2.04 bits per heavy atom. The van der Waals surface area contributed by atoms with Gasteiger partial charge in [0.2, 0.25) is 5.91 Å². The van der Waals surface area contributed by atoms with Gasteiger partial charge < -0.3 is 15.0 Å². The highest BCUT2D eigenvalue weighted by Gasteiger charge is 2.18. The van der Waals surface area contributed by atoms with E-state index < -0.39 is 11.2 Å². The zero-order valence-electron chi connectivity index (χ0n) is 15.1. The molecule has 8 heteroatoms. The van der Waals surface area contributed by atoms with Crippen molar-refractivity contribution in [3.63, 3.8) is 0 Å². The number of methoxy groups -OCH3 is 1. The summed E-state index contributed by atoms with van der Waals surface area (Å²) in [7, 11) is 1.27. The zero-order valence-corrected chi connectivity index (χ0v) is 15.9. The first-order chi connectivity index (χ1) is 12.3. The highest BCUT2D eigenvalue weighted by atomic mass is 32.2. The van der Waals surface area contributed by atoms with Crippen LogP contribution < -0.4 is 10.9 Å². The maximum Gasteiger partial charge on any atom is 0.311 e. The number of amides is 1. The molecule has 2 rings (SSSR count). The first-order valence-corrected chi connectivity index (χ1v) is 8.88. The van der Waals surface area contributed by atoms with E-state index in [4.69, 9.17) is 0 Å². The van der Waals surface area contributed by atoms with Crippen molar-refractivity contribution in [1.29, 1.82) is 0 Å². The van der Waals surface area contributed by atoms with E-state index in [-0.39, 0.29) is 23.0 Å². The number of thioether (sulfide) groups is 1. The third-order valence-electron chi connectivity index (χ3n) is 3.63. The summed E-state index contributed by atoms with van der Waals surface area (Å²) in [6.45, 7) is 5.59. The number of carbonyl (C=O) groups excluding carboxylic acids is 2. The molecule has 1 aromatic carbocycles. The van der Waals surface area contributed by atoms with Crippen LogP contribution in [0.25, 0.3) is 0 Å². The lowest BCUT2D eigenvalue weighted by atomic mass is 10.1. The Hall–Kier alpha value is -2.61. The van der Waals surface area contributed by atoms with Crippen LogP contribution in [0.3, 0.4) is 0 Å². The maximum atomic E-state index is 12.4. The Labute approximate surface area is 155 Å².